The Balaban J connectivity index is 1.64. The van der Waals surface area contributed by atoms with E-state index in [4.69, 9.17) is 14.2 Å². The van der Waals surface area contributed by atoms with Crippen LogP contribution in [0.25, 0.3) is 0 Å². The number of carbonyl (C=O) groups is 2. The first-order valence-corrected chi connectivity index (χ1v) is 9.61. The number of methoxy groups -OCH3 is 2. The second-order valence-electron chi connectivity index (χ2n) is 6.74. The number of hydrogen-bond donors (Lipinski definition) is 1. The monoisotopic (exact) mass is 398 g/mol. The maximum Gasteiger partial charge on any atom is 0.251 e. The summed E-state index contributed by atoms with van der Waals surface area (Å²) in [4.78, 5) is 26.5. The van der Waals surface area contributed by atoms with E-state index in [9.17, 15) is 9.59 Å². The summed E-state index contributed by atoms with van der Waals surface area (Å²) in [6, 6.07) is 12.0. The summed E-state index contributed by atoms with van der Waals surface area (Å²) in [6.45, 7) is 3.09. The molecule has 7 nitrogen and oxygen atoms in total. The molecule has 0 radical (unpaired) electrons. The van der Waals surface area contributed by atoms with Crippen LogP contribution in [0.15, 0.2) is 42.5 Å². The number of carbonyl (C=O) groups excluding carboxylic acids is 2. The Labute approximate surface area is 170 Å². The van der Waals surface area contributed by atoms with E-state index in [2.05, 4.69) is 5.32 Å². The van der Waals surface area contributed by atoms with Gasteiger partial charge < -0.3 is 19.5 Å². The minimum atomic E-state index is -0.563. The molecule has 1 aliphatic rings. The largest absolute Gasteiger partial charge is 0.494 e. The van der Waals surface area contributed by atoms with E-state index in [1.807, 2.05) is 25.1 Å². The Morgan fingerprint density at radius 2 is 1.76 bits per heavy atom. The summed E-state index contributed by atoms with van der Waals surface area (Å²) in [5.74, 6) is 1.51. The lowest BCUT2D eigenvalue weighted by molar-refractivity contribution is -0.121. The summed E-state index contributed by atoms with van der Waals surface area (Å²) < 4.78 is 16.1. The third-order valence-corrected chi connectivity index (χ3v) is 4.71. The molecule has 0 unspecified atom stereocenters. The lowest BCUT2D eigenvalue weighted by Crippen LogP contribution is -2.38. The first-order chi connectivity index (χ1) is 14.1. The number of nitrogens with one attached hydrogen (secondary N) is 1. The molecule has 2 aromatic rings. The molecule has 1 saturated heterocycles. The minimum absolute atomic E-state index is 0.125. The first-order valence-electron chi connectivity index (χ1n) is 9.61. The molecule has 0 aliphatic carbocycles. The van der Waals surface area contributed by atoms with Crippen molar-refractivity contribution in [1.82, 2.24) is 5.32 Å². The van der Waals surface area contributed by atoms with Crippen LogP contribution >= 0.6 is 0 Å². The molecule has 2 aromatic carbocycles. The molecule has 1 fully saturated rings. The van der Waals surface area contributed by atoms with Gasteiger partial charge >= 0.3 is 0 Å². The fourth-order valence-corrected chi connectivity index (χ4v) is 3.21. The maximum absolute atomic E-state index is 12.8. The number of amides is 2. The van der Waals surface area contributed by atoms with Gasteiger partial charge in [-0.15, -0.1) is 0 Å². The molecular formula is C22H26N2O5. The Bertz CT molecular complexity index is 866. The van der Waals surface area contributed by atoms with Gasteiger partial charge in [0.05, 0.1) is 39.0 Å². The van der Waals surface area contributed by atoms with Crippen LogP contribution in [0.1, 0.15) is 25.3 Å². The Morgan fingerprint density at radius 3 is 2.41 bits per heavy atom. The van der Waals surface area contributed by atoms with Crippen LogP contribution in [0.4, 0.5) is 5.69 Å². The van der Waals surface area contributed by atoms with Gasteiger partial charge in [-0.05, 0) is 48.4 Å². The van der Waals surface area contributed by atoms with Crippen LogP contribution in [-0.2, 0) is 16.1 Å². The molecule has 154 valence electrons. The van der Waals surface area contributed by atoms with Gasteiger partial charge in [0.2, 0.25) is 5.91 Å². The van der Waals surface area contributed by atoms with Gasteiger partial charge in [-0.1, -0.05) is 13.0 Å². The molecule has 3 rings (SSSR count). The van der Waals surface area contributed by atoms with Crippen molar-refractivity contribution in [3.8, 4) is 17.2 Å². The predicted molar refractivity (Wildman–Crippen MR) is 110 cm³/mol. The lowest BCUT2D eigenvalue weighted by Gasteiger charge is -2.16. The molecule has 1 heterocycles. The zero-order valence-corrected chi connectivity index (χ0v) is 16.9. The second-order valence-corrected chi connectivity index (χ2v) is 6.74. The molecular weight excluding hydrogens is 372 g/mol. The normalized spacial score (nSPS) is 16.2. The topological polar surface area (TPSA) is 77.1 Å². The number of hydrogen-bond acceptors (Lipinski definition) is 6. The van der Waals surface area contributed by atoms with E-state index in [1.165, 1.54) is 4.90 Å². The van der Waals surface area contributed by atoms with Crippen LogP contribution in [0, 0.1) is 0 Å². The van der Waals surface area contributed by atoms with Crippen LogP contribution in [0.5, 0.6) is 17.2 Å². The van der Waals surface area contributed by atoms with Crippen molar-refractivity contribution in [3.63, 3.8) is 0 Å². The molecule has 0 saturated carbocycles. The van der Waals surface area contributed by atoms with Crippen molar-refractivity contribution in [1.29, 1.82) is 0 Å². The van der Waals surface area contributed by atoms with E-state index >= 15 is 0 Å². The van der Waals surface area contributed by atoms with Gasteiger partial charge in [-0.3, -0.25) is 9.59 Å². The summed E-state index contributed by atoms with van der Waals surface area (Å²) in [5, 5.41) is 3.17. The zero-order valence-electron chi connectivity index (χ0n) is 16.9. The van der Waals surface area contributed by atoms with Crippen LogP contribution < -0.4 is 24.4 Å². The van der Waals surface area contributed by atoms with Crippen LogP contribution in [0.2, 0.25) is 0 Å². The van der Waals surface area contributed by atoms with Crippen LogP contribution in [0.3, 0.4) is 0 Å². The van der Waals surface area contributed by atoms with E-state index in [0.29, 0.717) is 30.3 Å². The van der Waals surface area contributed by atoms with Gasteiger partial charge in [-0.2, -0.15) is 0 Å². The van der Waals surface area contributed by atoms with Gasteiger partial charge in [0.25, 0.3) is 5.91 Å². The smallest absolute Gasteiger partial charge is 0.251 e. The van der Waals surface area contributed by atoms with E-state index in [0.717, 1.165) is 17.7 Å². The molecule has 1 N–H and O–H groups in total. The summed E-state index contributed by atoms with van der Waals surface area (Å²) >= 11 is 0. The highest BCUT2D eigenvalue weighted by Gasteiger charge is 2.39. The van der Waals surface area contributed by atoms with Crippen molar-refractivity contribution in [2.75, 3.05) is 25.7 Å². The first kappa shape index (κ1) is 20.7. The van der Waals surface area contributed by atoms with E-state index < -0.39 is 6.04 Å². The highest BCUT2D eigenvalue weighted by atomic mass is 16.5. The van der Waals surface area contributed by atoms with Gasteiger partial charge in [-0.25, -0.2) is 4.90 Å². The van der Waals surface area contributed by atoms with Crippen molar-refractivity contribution in [2.24, 2.45) is 0 Å². The standard InChI is InChI=1S/C22H26N2O5/c1-4-11-29-17-8-6-16(7-9-17)24-21(25)13-18(22(24)26)23-14-15-5-10-19(27-2)20(12-15)28-3/h5-10,12,18,23H,4,11,13-14H2,1-3H3/t18-/m1/s1. The Kier molecular flexibility index (Phi) is 6.72. The number of anilines is 1. The molecule has 0 bridgehead atoms. The third kappa shape index (κ3) is 4.68. The minimum Gasteiger partial charge on any atom is -0.494 e. The molecule has 29 heavy (non-hydrogen) atoms. The Morgan fingerprint density at radius 1 is 1.03 bits per heavy atom. The molecule has 2 amide bonds. The van der Waals surface area contributed by atoms with Gasteiger partial charge in [0.15, 0.2) is 11.5 Å². The summed E-state index contributed by atoms with van der Waals surface area (Å²) in [6.07, 6.45) is 1.04. The summed E-state index contributed by atoms with van der Waals surface area (Å²) in [5.41, 5.74) is 1.48. The third-order valence-electron chi connectivity index (χ3n) is 4.71. The lowest BCUT2D eigenvalue weighted by atomic mass is 10.1. The molecule has 1 atom stereocenters. The van der Waals surface area contributed by atoms with E-state index in [1.54, 1.807) is 38.5 Å². The number of benzene rings is 2. The Hall–Kier alpha value is -3.06. The number of imide groups is 1. The maximum atomic E-state index is 12.8. The van der Waals surface area contributed by atoms with Crippen molar-refractivity contribution >= 4 is 17.5 Å². The highest BCUT2D eigenvalue weighted by molar-refractivity contribution is 6.22. The average Bonchev–Trinajstić information content (AvgIpc) is 3.04. The molecule has 1 aliphatic heterocycles. The van der Waals surface area contributed by atoms with Crippen molar-refractivity contribution in [3.05, 3.63) is 48.0 Å². The number of ether oxygens (including phenoxy) is 3. The SMILES string of the molecule is CCCOc1ccc(N2C(=O)C[C@@H](NCc3ccc(OC)c(OC)c3)C2=O)cc1. The highest BCUT2D eigenvalue weighted by Crippen LogP contribution is 2.28. The number of nitrogens with zero attached hydrogens (tertiary/aromatic N) is 1. The zero-order chi connectivity index (χ0) is 20.8. The average molecular weight is 398 g/mol. The molecule has 0 aromatic heterocycles. The predicted octanol–water partition coefficient (Wildman–Crippen LogP) is 2.91. The van der Waals surface area contributed by atoms with E-state index in [-0.39, 0.29) is 18.2 Å². The van der Waals surface area contributed by atoms with Crippen molar-refractivity contribution in [2.45, 2.75) is 32.4 Å². The molecule has 7 heteroatoms. The van der Waals surface area contributed by atoms with Crippen LogP contribution in [-0.4, -0.2) is 38.7 Å². The second kappa shape index (κ2) is 9.43. The molecule has 0 spiro atoms. The fourth-order valence-electron chi connectivity index (χ4n) is 3.21. The fraction of sp³-hybridized carbons (Fsp3) is 0.364. The summed E-state index contributed by atoms with van der Waals surface area (Å²) in [7, 11) is 3.15. The van der Waals surface area contributed by atoms with Gasteiger partial charge in [0, 0.05) is 6.54 Å². The van der Waals surface area contributed by atoms with Gasteiger partial charge in [0.1, 0.15) is 5.75 Å². The van der Waals surface area contributed by atoms with Crippen molar-refractivity contribution < 1.29 is 23.8 Å². The number of rotatable bonds is 9. The quantitative estimate of drug-likeness (QED) is 0.655.